The van der Waals surface area contributed by atoms with Gasteiger partial charge in [0.2, 0.25) is 5.96 Å². The van der Waals surface area contributed by atoms with Gasteiger partial charge in [-0.1, -0.05) is 0 Å². The molecule has 0 radical (unpaired) electrons. The van der Waals surface area contributed by atoms with Crippen LogP contribution in [-0.2, 0) is 0 Å². The Balaban J connectivity index is 0.00000144. The lowest BCUT2D eigenvalue weighted by atomic mass is 10.3. The summed E-state index contributed by atoms with van der Waals surface area (Å²) in [4.78, 5) is 3.58. The Labute approximate surface area is 82.6 Å². The van der Waals surface area contributed by atoms with Gasteiger partial charge in [0.15, 0.2) is 5.96 Å². The van der Waals surface area contributed by atoms with E-state index < -0.39 is 0 Å². The Bertz CT molecular complexity index is 244. The van der Waals surface area contributed by atoms with Crippen molar-refractivity contribution in [1.82, 2.24) is 5.01 Å². The van der Waals surface area contributed by atoms with Gasteiger partial charge in [0.25, 0.3) is 0 Å². The van der Waals surface area contributed by atoms with E-state index in [0.29, 0.717) is 0 Å². The number of halogens is 1. The maximum atomic E-state index is 7.41. The van der Waals surface area contributed by atoms with Gasteiger partial charge in [0.1, 0.15) is 0 Å². The highest BCUT2D eigenvalue weighted by molar-refractivity contribution is 5.92. The molecule has 0 spiro atoms. The fourth-order valence-electron chi connectivity index (χ4n) is 0.938. The first-order chi connectivity index (χ1) is 5.61. The third-order valence-electron chi connectivity index (χ3n) is 1.52. The Morgan fingerprint density at radius 1 is 1.69 bits per heavy atom. The van der Waals surface area contributed by atoms with Crippen LogP contribution in [0.2, 0.25) is 0 Å². The molecule has 1 heterocycles. The molecule has 0 fully saturated rings. The third-order valence-corrected chi connectivity index (χ3v) is 1.52. The first-order valence-corrected chi connectivity index (χ1v) is 3.61. The van der Waals surface area contributed by atoms with Gasteiger partial charge in [-0.05, 0) is 6.92 Å². The van der Waals surface area contributed by atoms with E-state index in [2.05, 4.69) is 10.1 Å². The highest BCUT2D eigenvalue weighted by Crippen LogP contribution is 2.10. The predicted octanol–water partition coefficient (Wildman–Crippen LogP) is -0.304. The number of hydrogen-bond donors (Lipinski definition) is 3. The molecule has 0 aliphatic carbocycles. The molecule has 1 unspecified atom stereocenters. The second-order valence-electron chi connectivity index (χ2n) is 2.59. The molecule has 74 valence electrons. The molecular weight excluding hydrogens is 192 g/mol. The van der Waals surface area contributed by atoms with Crippen LogP contribution in [0, 0.1) is 5.41 Å². The summed E-state index contributed by atoms with van der Waals surface area (Å²) in [5.41, 5.74) is 10.2. The number of guanidine groups is 2. The zero-order chi connectivity index (χ0) is 9.14. The molecule has 0 aromatic carbocycles. The Morgan fingerprint density at radius 3 is 2.69 bits per heavy atom. The van der Waals surface area contributed by atoms with E-state index in [-0.39, 0.29) is 30.4 Å². The zero-order valence-corrected chi connectivity index (χ0v) is 8.08. The molecule has 0 aromatic heterocycles. The summed E-state index contributed by atoms with van der Waals surface area (Å²) < 4.78 is 0. The van der Waals surface area contributed by atoms with Crippen molar-refractivity contribution in [2.24, 2.45) is 21.6 Å². The number of hydrazone groups is 1. The smallest absolute Gasteiger partial charge is 0.242 e. The van der Waals surface area contributed by atoms with E-state index in [1.54, 1.807) is 6.21 Å². The van der Waals surface area contributed by atoms with Crippen molar-refractivity contribution in [3.63, 3.8) is 0 Å². The lowest BCUT2D eigenvalue weighted by molar-refractivity contribution is 0.378. The van der Waals surface area contributed by atoms with E-state index in [1.165, 1.54) is 5.01 Å². The maximum Gasteiger partial charge on any atom is 0.242 e. The van der Waals surface area contributed by atoms with Gasteiger partial charge in [0, 0.05) is 12.6 Å². The van der Waals surface area contributed by atoms with Crippen LogP contribution in [0.5, 0.6) is 0 Å². The highest BCUT2D eigenvalue weighted by Gasteiger charge is 2.19. The van der Waals surface area contributed by atoms with Crippen molar-refractivity contribution >= 4 is 30.5 Å². The summed E-state index contributed by atoms with van der Waals surface area (Å²) in [6, 6.07) is 0.167. The van der Waals surface area contributed by atoms with Gasteiger partial charge < -0.3 is 11.5 Å². The van der Waals surface area contributed by atoms with E-state index in [9.17, 15) is 0 Å². The topological polar surface area (TPSA) is 104 Å². The number of nitrogens with two attached hydrogens (primary N) is 2. The molecule has 5 N–H and O–H groups in total. The summed E-state index contributed by atoms with van der Waals surface area (Å²) in [5, 5.41) is 12.8. The molecule has 13 heavy (non-hydrogen) atoms. The molecule has 1 aliphatic heterocycles. The fourth-order valence-corrected chi connectivity index (χ4v) is 0.938. The van der Waals surface area contributed by atoms with Gasteiger partial charge in [-0.3, -0.25) is 5.41 Å². The molecule has 0 bridgehead atoms. The maximum absolute atomic E-state index is 7.41. The Morgan fingerprint density at radius 2 is 2.31 bits per heavy atom. The van der Waals surface area contributed by atoms with Crippen LogP contribution < -0.4 is 11.5 Å². The lowest BCUT2D eigenvalue weighted by Crippen LogP contribution is -2.32. The molecule has 6 nitrogen and oxygen atoms in total. The normalized spacial score (nSPS) is 19.5. The fraction of sp³-hybridized carbons (Fsp3) is 0.500. The van der Waals surface area contributed by atoms with Gasteiger partial charge >= 0.3 is 0 Å². The molecule has 7 heteroatoms. The highest BCUT2D eigenvalue weighted by atomic mass is 35.5. The molecule has 0 saturated heterocycles. The van der Waals surface area contributed by atoms with E-state index in [0.717, 1.165) is 6.42 Å². The number of rotatable bonds is 0. The van der Waals surface area contributed by atoms with Gasteiger partial charge in [-0.2, -0.15) is 10.1 Å². The number of hydrogen-bond acceptors (Lipinski definition) is 2. The predicted molar refractivity (Wildman–Crippen MR) is 55.2 cm³/mol. The molecular formula is C6H13ClN6. The van der Waals surface area contributed by atoms with Crippen molar-refractivity contribution in [3.05, 3.63) is 0 Å². The number of nitrogens with zero attached hydrogens (tertiary/aromatic N) is 3. The van der Waals surface area contributed by atoms with Crippen molar-refractivity contribution in [2.75, 3.05) is 0 Å². The lowest BCUT2D eigenvalue weighted by Gasteiger charge is -2.17. The molecule has 0 saturated carbocycles. The minimum Gasteiger partial charge on any atom is -0.370 e. The second kappa shape index (κ2) is 4.66. The van der Waals surface area contributed by atoms with Crippen LogP contribution in [0.25, 0.3) is 0 Å². The molecule has 1 rings (SSSR count). The van der Waals surface area contributed by atoms with Crippen LogP contribution >= 0.6 is 12.4 Å². The van der Waals surface area contributed by atoms with E-state index >= 15 is 0 Å². The van der Waals surface area contributed by atoms with Crippen LogP contribution in [0.15, 0.2) is 10.1 Å². The SMILES string of the molecule is CC1CC=NN1C(=N)N=C(N)N.Cl. The van der Waals surface area contributed by atoms with Crippen molar-refractivity contribution < 1.29 is 0 Å². The first kappa shape index (κ1) is 11.7. The van der Waals surface area contributed by atoms with Crippen LogP contribution in [0.4, 0.5) is 0 Å². The molecule has 0 amide bonds. The molecule has 0 aromatic rings. The minimum absolute atomic E-state index is 0. The average molecular weight is 205 g/mol. The van der Waals surface area contributed by atoms with Crippen molar-refractivity contribution in [2.45, 2.75) is 19.4 Å². The first-order valence-electron chi connectivity index (χ1n) is 3.61. The summed E-state index contributed by atoms with van der Waals surface area (Å²) >= 11 is 0. The standard InChI is InChI=1S/C6H12N6.ClH/c1-4-2-3-10-12(4)6(9)11-5(7)8;/h3-4H,2H2,1H3,(H5,7,8,9,11);1H. The molecule has 1 aliphatic rings. The summed E-state index contributed by atoms with van der Waals surface area (Å²) in [6.07, 6.45) is 2.56. The van der Waals surface area contributed by atoms with Gasteiger partial charge in [-0.15, -0.1) is 12.4 Å². The summed E-state index contributed by atoms with van der Waals surface area (Å²) in [6.45, 7) is 1.95. The summed E-state index contributed by atoms with van der Waals surface area (Å²) in [5.74, 6) is -0.134. The zero-order valence-electron chi connectivity index (χ0n) is 7.27. The quantitative estimate of drug-likeness (QED) is 0.373. The van der Waals surface area contributed by atoms with Crippen molar-refractivity contribution in [1.29, 1.82) is 5.41 Å². The van der Waals surface area contributed by atoms with E-state index in [4.69, 9.17) is 16.9 Å². The van der Waals surface area contributed by atoms with E-state index in [1.807, 2.05) is 6.92 Å². The van der Waals surface area contributed by atoms with Crippen molar-refractivity contribution in [3.8, 4) is 0 Å². The second-order valence-corrected chi connectivity index (χ2v) is 2.59. The Kier molecular flexibility index (Phi) is 4.19. The monoisotopic (exact) mass is 204 g/mol. The van der Waals surface area contributed by atoms with Crippen LogP contribution in [-0.4, -0.2) is 29.2 Å². The van der Waals surface area contributed by atoms with Crippen LogP contribution in [0.1, 0.15) is 13.3 Å². The number of aliphatic imine (C=N–C) groups is 1. The minimum atomic E-state index is -0.116. The number of nitrogens with one attached hydrogen (secondary N) is 1. The molecule has 1 atom stereocenters. The third kappa shape index (κ3) is 2.90. The average Bonchev–Trinajstić information content (AvgIpc) is 2.33. The van der Waals surface area contributed by atoms with Crippen LogP contribution in [0.3, 0.4) is 0 Å². The Hall–Kier alpha value is -1.30. The van der Waals surface area contributed by atoms with Gasteiger partial charge in [-0.25, -0.2) is 5.01 Å². The summed E-state index contributed by atoms with van der Waals surface area (Å²) in [7, 11) is 0. The van der Waals surface area contributed by atoms with Gasteiger partial charge in [0.05, 0.1) is 6.04 Å². The largest absolute Gasteiger partial charge is 0.370 e.